The van der Waals surface area contributed by atoms with Gasteiger partial charge in [-0.2, -0.15) is 5.26 Å². The van der Waals surface area contributed by atoms with E-state index in [4.69, 9.17) is 5.26 Å². The lowest BCUT2D eigenvalue weighted by Crippen LogP contribution is -2.13. The Balaban J connectivity index is 2.11. The van der Waals surface area contributed by atoms with Crippen molar-refractivity contribution in [2.24, 2.45) is 0 Å². The highest BCUT2D eigenvalue weighted by Gasteiger charge is 2.19. The van der Waals surface area contributed by atoms with Crippen molar-refractivity contribution in [1.82, 2.24) is 0 Å². The van der Waals surface area contributed by atoms with Crippen molar-refractivity contribution in [1.29, 1.82) is 5.26 Å². The Kier molecular flexibility index (Phi) is 3.37. The number of hydrogen-bond acceptors (Lipinski definition) is 4. The minimum Gasteiger partial charge on any atom is -0.269 e. The molecule has 3 rings (SSSR count). The second kappa shape index (κ2) is 5.20. The molecule has 21 heavy (non-hydrogen) atoms. The summed E-state index contributed by atoms with van der Waals surface area (Å²) in [6.07, 6.45) is 0. The lowest BCUT2D eigenvalue weighted by Gasteiger charge is -2.09. The largest absolute Gasteiger partial charge is 0.269 e. The van der Waals surface area contributed by atoms with Crippen LogP contribution < -0.4 is 4.72 Å². The normalized spacial score (nSPS) is 11.2. The Hall–Kier alpha value is -2.36. The Morgan fingerprint density at radius 2 is 1.81 bits per heavy atom. The van der Waals surface area contributed by atoms with E-state index in [1.54, 1.807) is 35.7 Å². The maximum absolute atomic E-state index is 12.6. The van der Waals surface area contributed by atoms with Crippen molar-refractivity contribution >= 4 is 37.1 Å². The van der Waals surface area contributed by atoms with E-state index in [1.165, 1.54) is 11.3 Å². The van der Waals surface area contributed by atoms with Gasteiger partial charge in [-0.15, -0.1) is 11.3 Å². The van der Waals surface area contributed by atoms with Crippen LogP contribution in [0.2, 0.25) is 0 Å². The van der Waals surface area contributed by atoms with Gasteiger partial charge in [-0.3, -0.25) is 4.72 Å². The third-order valence-electron chi connectivity index (χ3n) is 3.05. The van der Waals surface area contributed by atoms with E-state index < -0.39 is 10.0 Å². The fourth-order valence-electron chi connectivity index (χ4n) is 2.08. The fourth-order valence-corrected chi connectivity index (χ4v) is 4.38. The Bertz CT molecular complexity index is 948. The zero-order valence-corrected chi connectivity index (χ0v) is 12.4. The number of nitrogens with zero attached hydrogens (tertiary/aromatic N) is 1. The number of nitrogens with one attached hydrogen (secondary N) is 1. The first-order valence-corrected chi connectivity index (χ1v) is 8.46. The Morgan fingerprint density at radius 3 is 2.62 bits per heavy atom. The molecule has 3 aromatic rings. The average Bonchev–Trinajstić information content (AvgIpc) is 2.93. The second-order valence-electron chi connectivity index (χ2n) is 4.36. The molecule has 1 heterocycles. The smallest absolute Gasteiger partial charge is 0.263 e. The van der Waals surface area contributed by atoms with Gasteiger partial charge in [-0.05, 0) is 22.9 Å². The molecule has 0 saturated heterocycles. The van der Waals surface area contributed by atoms with Crippen LogP contribution in [0.1, 0.15) is 5.56 Å². The first-order valence-electron chi connectivity index (χ1n) is 6.10. The minimum absolute atomic E-state index is 0.206. The van der Waals surface area contributed by atoms with Crippen LogP contribution in [0.4, 0.5) is 5.00 Å². The van der Waals surface area contributed by atoms with Crippen LogP contribution >= 0.6 is 11.3 Å². The van der Waals surface area contributed by atoms with E-state index >= 15 is 0 Å². The predicted octanol–water partition coefficient (Wildman–Crippen LogP) is 3.57. The molecule has 6 heteroatoms. The van der Waals surface area contributed by atoms with Gasteiger partial charge in [0.2, 0.25) is 0 Å². The number of nitriles is 1. The highest BCUT2D eigenvalue weighted by Crippen LogP contribution is 2.28. The molecule has 0 bridgehead atoms. The lowest BCUT2D eigenvalue weighted by atomic mass is 10.1. The van der Waals surface area contributed by atoms with Crippen LogP contribution in [0.15, 0.2) is 58.8 Å². The topological polar surface area (TPSA) is 70.0 Å². The number of fused-ring (bicyclic) bond motifs is 1. The summed E-state index contributed by atoms with van der Waals surface area (Å²) in [6.45, 7) is 0. The zero-order valence-electron chi connectivity index (χ0n) is 10.8. The van der Waals surface area contributed by atoms with Crippen LogP contribution in [0.25, 0.3) is 10.8 Å². The summed E-state index contributed by atoms with van der Waals surface area (Å²) in [5, 5.41) is 12.5. The Morgan fingerprint density at radius 1 is 1.05 bits per heavy atom. The highest BCUT2D eigenvalue weighted by atomic mass is 32.2. The molecule has 0 unspecified atom stereocenters. The number of rotatable bonds is 3. The van der Waals surface area contributed by atoms with Gasteiger partial charge in [-0.1, -0.05) is 36.4 Å². The van der Waals surface area contributed by atoms with Crippen molar-refractivity contribution in [2.75, 3.05) is 4.72 Å². The molecule has 4 nitrogen and oxygen atoms in total. The summed E-state index contributed by atoms with van der Waals surface area (Å²) in [7, 11) is -3.73. The molecule has 0 saturated carbocycles. The summed E-state index contributed by atoms with van der Waals surface area (Å²) in [6, 6.07) is 16.0. The summed E-state index contributed by atoms with van der Waals surface area (Å²) < 4.78 is 27.6. The quantitative estimate of drug-likeness (QED) is 0.803. The second-order valence-corrected chi connectivity index (χ2v) is 6.92. The molecule has 1 aromatic heterocycles. The molecule has 0 radical (unpaired) electrons. The molecule has 104 valence electrons. The molecule has 0 aliphatic carbocycles. The zero-order chi connectivity index (χ0) is 14.9. The van der Waals surface area contributed by atoms with Crippen LogP contribution in [0.3, 0.4) is 0 Å². The molecule has 0 aliphatic heterocycles. The van der Waals surface area contributed by atoms with Gasteiger partial charge in [0, 0.05) is 5.39 Å². The van der Waals surface area contributed by atoms with Crippen molar-refractivity contribution in [3.8, 4) is 6.07 Å². The maximum Gasteiger partial charge on any atom is 0.263 e. The SMILES string of the molecule is N#Cc1ccsc1NS(=O)(=O)c1cccc2ccccc12. The van der Waals surface area contributed by atoms with E-state index in [0.717, 1.165) is 5.39 Å². The van der Waals surface area contributed by atoms with Gasteiger partial charge in [-0.25, -0.2) is 8.42 Å². The molecular weight excluding hydrogens is 304 g/mol. The summed E-state index contributed by atoms with van der Waals surface area (Å²) in [5.74, 6) is 0. The first kappa shape index (κ1) is 13.6. The number of sulfonamides is 1. The molecular formula is C15H10N2O2S2. The number of anilines is 1. The molecule has 0 atom stereocenters. The fraction of sp³-hybridized carbons (Fsp3) is 0. The van der Waals surface area contributed by atoms with Gasteiger partial charge in [0.25, 0.3) is 10.0 Å². The van der Waals surface area contributed by atoms with Gasteiger partial charge >= 0.3 is 0 Å². The van der Waals surface area contributed by atoms with Crippen LogP contribution in [-0.2, 0) is 10.0 Å². The average molecular weight is 314 g/mol. The summed E-state index contributed by atoms with van der Waals surface area (Å²) >= 11 is 1.19. The van der Waals surface area contributed by atoms with E-state index in [-0.39, 0.29) is 4.90 Å². The minimum atomic E-state index is -3.73. The number of thiophene rings is 1. The Labute approximate surface area is 126 Å². The van der Waals surface area contributed by atoms with Crippen LogP contribution in [0, 0.1) is 11.3 Å². The van der Waals surface area contributed by atoms with Crippen molar-refractivity contribution in [2.45, 2.75) is 4.90 Å². The first-order chi connectivity index (χ1) is 10.1. The summed E-state index contributed by atoms with van der Waals surface area (Å²) in [5.41, 5.74) is 0.323. The number of hydrogen-bond donors (Lipinski definition) is 1. The van der Waals surface area contributed by atoms with E-state index in [0.29, 0.717) is 16.0 Å². The van der Waals surface area contributed by atoms with E-state index in [1.807, 2.05) is 24.3 Å². The highest BCUT2D eigenvalue weighted by molar-refractivity contribution is 7.93. The molecule has 0 spiro atoms. The lowest BCUT2D eigenvalue weighted by molar-refractivity contribution is 0.602. The van der Waals surface area contributed by atoms with Crippen molar-refractivity contribution < 1.29 is 8.42 Å². The van der Waals surface area contributed by atoms with Crippen LogP contribution in [-0.4, -0.2) is 8.42 Å². The van der Waals surface area contributed by atoms with Crippen molar-refractivity contribution in [3.63, 3.8) is 0 Å². The maximum atomic E-state index is 12.6. The standard InChI is InChI=1S/C15H10N2O2S2/c16-10-12-8-9-20-15(12)17-21(18,19)14-7-3-5-11-4-1-2-6-13(11)14/h1-9,17H. The van der Waals surface area contributed by atoms with Crippen LogP contribution in [0.5, 0.6) is 0 Å². The molecule has 0 amide bonds. The van der Waals surface area contributed by atoms with Gasteiger partial charge < -0.3 is 0 Å². The van der Waals surface area contributed by atoms with Gasteiger partial charge in [0.15, 0.2) is 0 Å². The third-order valence-corrected chi connectivity index (χ3v) is 5.42. The van der Waals surface area contributed by atoms with E-state index in [9.17, 15) is 8.42 Å². The predicted molar refractivity (Wildman–Crippen MR) is 83.8 cm³/mol. The van der Waals surface area contributed by atoms with Crippen molar-refractivity contribution in [3.05, 3.63) is 59.5 Å². The number of benzene rings is 2. The molecule has 0 aliphatic rings. The third kappa shape index (κ3) is 2.49. The van der Waals surface area contributed by atoms with E-state index in [2.05, 4.69) is 4.72 Å². The van der Waals surface area contributed by atoms with Gasteiger partial charge in [0.05, 0.1) is 10.5 Å². The molecule has 0 fully saturated rings. The summed E-state index contributed by atoms with van der Waals surface area (Å²) in [4.78, 5) is 0.206. The molecule has 1 N–H and O–H groups in total. The molecule has 2 aromatic carbocycles. The van der Waals surface area contributed by atoms with Gasteiger partial charge in [0.1, 0.15) is 11.1 Å². The monoisotopic (exact) mass is 314 g/mol.